The number of nitrogens with two attached hydrogens (primary N) is 1. The second kappa shape index (κ2) is 8.62. The minimum Gasteiger partial charge on any atom is -0.493 e. The minimum absolute atomic E-state index is 0.0997. The highest BCUT2D eigenvalue weighted by atomic mass is 35.5. The smallest absolute Gasteiger partial charge is 0.279 e. The van der Waals surface area contributed by atoms with Crippen molar-refractivity contribution < 1.29 is 14.3 Å². The third-order valence-corrected chi connectivity index (χ3v) is 6.26. The fraction of sp³-hybridized carbons (Fsp3) is 0.160. The topological polar surface area (TPSA) is 134 Å². The van der Waals surface area contributed by atoms with Crippen LogP contribution in [-0.4, -0.2) is 30.5 Å². The summed E-state index contributed by atoms with van der Waals surface area (Å²) in [5.74, 6) is -1.20. The number of benzene rings is 2. The Labute approximate surface area is 210 Å². The summed E-state index contributed by atoms with van der Waals surface area (Å²) in [6.45, 7) is 3.83. The van der Waals surface area contributed by atoms with Crippen LogP contribution >= 0.6 is 11.6 Å². The first-order valence-corrected chi connectivity index (χ1v) is 11.3. The van der Waals surface area contributed by atoms with Crippen LogP contribution in [0.1, 0.15) is 53.2 Å². The van der Waals surface area contributed by atoms with Gasteiger partial charge in [-0.25, -0.2) is 14.4 Å². The number of halogens is 2. The Hall–Kier alpha value is -4.49. The maximum absolute atomic E-state index is 13.9. The fourth-order valence-corrected chi connectivity index (χ4v) is 4.60. The van der Waals surface area contributed by atoms with Crippen LogP contribution in [0.2, 0.25) is 5.02 Å². The van der Waals surface area contributed by atoms with Crippen molar-refractivity contribution in [3.8, 4) is 23.3 Å². The first-order chi connectivity index (χ1) is 17.2. The Morgan fingerprint density at radius 1 is 1.19 bits per heavy atom. The number of carbonyl (C=O) groups is 1. The lowest BCUT2D eigenvalue weighted by atomic mass is 10.0. The van der Waals surface area contributed by atoms with Crippen molar-refractivity contribution in [3.63, 3.8) is 0 Å². The molecule has 36 heavy (non-hydrogen) atoms. The molecule has 1 aliphatic heterocycles. The highest BCUT2D eigenvalue weighted by Crippen LogP contribution is 2.45. The highest BCUT2D eigenvalue weighted by molar-refractivity contribution is 6.31. The number of hydrogen-bond acceptors (Lipinski definition) is 7. The summed E-state index contributed by atoms with van der Waals surface area (Å²) in [6.07, 6.45) is 1.35. The molecular weight excluding hydrogens is 485 g/mol. The molecule has 0 saturated carbocycles. The van der Waals surface area contributed by atoms with Crippen LogP contribution in [-0.2, 0) is 0 Å². The van der Waals surface area contributed by atoms with Gasteiger partial charge in [0.25, 0.3) is 5.91 Å². The molecule has 0 bridgehead atoms. The molecule has 2 aromatic heterocycles. The Bertz CT molecular complexity index is 1560. The summed E-state index contributed by atoms with van der Waals surface area (Å²) < 4.78 is 15.8. The SMILES string of the molecule is CC(C)n1c(-c2cnc(N)nc2O)nc2c1C(c1ccc(C#N)cc1)N(c1ccc(F)c(Cl)c1)C2=O. The molecule has 9 nitrogen and oxygen atoms in total. The van der Waals surface area contributed by atoms with Crippen LogP contribution in [0.3, 0.4) is 0 Å². The van der Waals surface area contributed by atoms with E-state index in [1.54, 1.807) is 24.3 Å². The van der Waals surface area contributed by atoms with E-state index in [1.165, 1.54) is 29.3 Å². The van der Waals surface area contributed by atoms with E-state index in [4.69, 9.17) is 17.3 Å². The molecule has 1 aliphatic rings. The average Bonchev–Trinajstić information content (AvgIpc) is 3.36. The molecule has 180 valence electrons. The number of anilines is 2. The molecule has 2 aromatic carbocycles. The van der Waals surface area contributed by atoms with Crippen molar-refractivity contribution in [3.05, 3.63) is 82.0 Å². The predicted molar refractivity (Wildman–Crippen MR) is 131 cm³/mol. The zero-order valence-corrected chi connectivity index (χ0v) is 19.9. The lowest BCUT2D eigenvalue weighted by Gasteiger charge is -2.28. The first-order valence-electron chi connectivity index (χ1n) is 10.9. The summed E-state index contributed by atoms with van der Waals surface area (Å²) in [7, 11) is 0. The number of nitriles is 1. The first kappa shape index (κ1) is 23.3. The number of aromatic nitrogens is 4. The fourth-order valence-electron chi connectivity index (χ4n) is 4.42. The molecule has 3 N–H and O–H groups in total. The quantitative estimate of drug-likeness (QED) is 0.415. The van der Waals surface area contributed by atoms with E-state index in [2.05, 4.69) is 21.0 Å². The number of carbonyl (C=O) groups excluding carboxylic acids is 1. The van der Waals surface area contributed by atoms with E-state index in [0.717, 1.165) is 0 Å². The van der Waals surface area contributed by atoms with E-state index in [0.29, 0.717) is 28.3 Å². The van der Waals surface area contributed by atoms with E-state index >= 15 is 0 Å². The molecule has 5 rings (SSSR count). The third-order valence-electron chi connectivity index (χ3n) is 5.97. The van der Waals surface area contributed by atoms with Crippen LogP contribution in [0.4, 0.5) is 16.0 Å². The van der Waals surface area contributed by atoms with Crippen LogP contribution < -0.4 is 10.6 Å². The summed E-state index contributed by atoms with van der Waals surface area (Å²) >= 11 is 6.05. The van der Waals surface area contributed by atoms with Crippen molar-refractivity contribution in [2.24, 2.45) is 0 Å². The van der Waals surface area contributed by atoms with Gasteiger partial charge in [-0.15, -0.1) is 0 Å². The Morgan fingerprint density at radius 2 is 1.92 bits per heavy atom. The lowest BCUT2D eigenvalue weighted by molar-refractivity contribution is 0.0989. The molecular formula is C25H19ClFN7O2. The number of rotatable bonds is 4. The van der Waals surface area contributed by atoms with Crippen molar-refractivity contribution >= 4 is 29.1 Å². The zero-order chi connectivity index (χ0) is 25.7. The number of hydrogen-bond donors (Lipinski definition) is 2. The monoisotopic (exact) mass is 503 g/mol. The molecule has 1 atom stereocenters. The van der Waals surface area contributed by atoms with Crippen molar-refractivity contribution in [1.29, 1.82) is 5.26 Å². The number of imidazole rings is 1. The molecule has 0 spiro atoms. The van der Waals surface area contributed by atoms with Crippen LogP contribution in [0, 0.1) is 17.1 Å². The lowest BCUT2D eigenvalue weighted by Crippen LogP contribution is -2.30. The van der Waals surface area contributed by atoms with Gasteiger partial charge in [-0.2, -0.15) is 10.2 Å². The summed E-state index contributed by atoms with van der Waals surface area (Å²) in [5, 5.41) is 19.6. The summed E-state index contributed by atoms with van der Waals surface area (Å²) in [6, 6.07) is 12.1. The van der Waals surface area contributed by atoms with Gasteiger partial charge in [0.1, 0.15) is 17.7 Å². The standard InChI is InChI=1S/C25H19ClFN7O2/c1-12(2)33-21-19(31-22(33)16-11-30-25(29)32-23(16)35)24(36)34(15-7-8-18(27)17(26)9-15)20(21)14-5-3-13(10-28)4-6-14/h3-9,11-12,20H,1-2H3,(H3,29,30,32,35). The minimum atomic E-state index is -0.678. The zero-order valence-electron chi connectivity index (χ0n) is 19.1. The van der Waals surface area contributed by atoms with Gasteiger partial charge in [0.15, 0.2) is 5.69 Å². The van der Waals surface area contributed by atoms with Gasteiger partial charge >= 0.3 is 0 Å². The molecule has 3 heterocycles. The molecule has 0 saturated heterocycles. The predicted octanol–water partition coefficient (Wildman–Crippen LogP) is 4.62. The van der Waals surface area contributed by atoms with Crippen LogP contribution in [0.25, 0.3) is 11.4 Å². The summed E-state index contributed by atoms with van der Waals surface area (Å²) in [4.78, 5) is 27.7. The van der Waals surface area contributed by atoms with Gasteiger partial charge in [-0.1, -0.05) is 23.7 Å². The van der Waals surface area contributed by atoms with E-state index in [9.17, 15) is 19.6 Å². The number of amides is 1. The summed E-state index contributed by atoms with van der Waals surface area (Å²) in [5.41, 5.74) is 8.08. The van der Waals surface area contributed by atoms with Gasteiger partial charge in [0.05, 0.1) is 27.9 Å². The van der Waals surface area contributed by atoms with Gasteiger partial charge in [0.2, 0.25) is 11.8 Å². The molecule has 0 aliphatic carbocycles. The van der Waals surface area contributed by atoms with E-state index < -0.39 is 17.8 Å². The average molecular weight is 504 g/mol. The van der Waals surface area contributed by atoms with Gasteiger partial charge in [-0.3, -0.25) is 9.69 Å². The number of nitrogens with zero attached hydrogens (tertiary/aromatic N) is 6. The molecule has 4 aromatic rings. The van der Waals surface area contributed by atoms with Crippen molar-refractivity contribution in [2.45, 2.75) is 25.9 Å². The molecule has 0 radical (unpaired) electrons. The van der Waals surface area contributed by atoms with Crippen LogP contribution in [0.5, 0.6) is 5.88 Å². The normalized spacial score (nSPS) is 14.8. The largest absolute Gasteiger partial charge is 0.493 e. The van der Waals surface area contributed by atoms with E-state index in [1.807, 2.05) is 18.4 Å². The molecule has 11 heteroatoms. The highest BCUT2D eigenvalue weighted by Gasteiger charge is 2.45. The Morgan fingerprint density at radius 3 is 2.53 bits per heavy atom. The molecule has 0 fully saturated rings. The second-order valence-electron chi connectivity index (χ2n) is 8.51. The molecule has 1 amide bonds. The Kier molecular flexibility index (Phi) is 5.57. The van der Waals surface area contributed by atoms with Crippen molar-refractivity contribution in [1.82, 2.24) is 19.5 Å². The third kappa shape index (κ3) is 3.61. The number of nitrogen functional groups attached to an aromatic ring is 1. The number of aromatic hydroxyl groups is 1. The second-order valence-corrected chi connectivity index (χ2v) is 8.92. The molecule has 1 unspecified atom stereocenters. The number of fused-ring (bicyclic) bond motifs is 1. The van der Waals surface area contributed by atoms with Crippen LogP contribution in [0.15, 0.2) is 48.7 Å². The van der Waals surface area contributed by atoms with Gasteiger partial charge < -0.3 is 15.4 Å². The maximum atomic E-state index is 13.9. The van der Waals surface area contributed by atoms with E-state index in [-0.39, 0.29) is 34.2 Å². The van der Waals surface area contributed by atoms with Gasteiger partial charge in [-0.05, 0) is 49.7 Å². The van der Waals surface area contributed by atoms with Crippen molar-refractivity contribution in [2.75, 3.05) is 10.6 Å². The Balaban J connectivity index is 1.78. The maximum Gasteiger partial charge on any atom is 0.279 e. The van der Waals surface area contributed by atoms with Gasteiger partial charge in [0, 0.05) is 17.9 Å².